The van der Waals surface area contributed by atoms with Crippen LogP contribution in [0.2, 0.25) is 0 Å². The summed E-state index contributed by atoms with van der Waals surface area (Å²) in [6.45, 7) is 3.82. The summed E-state index contributed by atoms with van der Waals surface area (Å²) in [4.78, 5) is 17.5. The maximum atomic E-state index is 11.3. The van der Waals surface area contributed by atoms with Crippen LogP contribution in [0.3, 0.4) is 0 Å². The average Bonchev–Trinajstić information content (AvgIpc) is 3.17. The maximum absolute atomic E-state index is 11.3. The molecule has 1 saturated heterocycles. The number of benzene rings is 1. The number of aromatic nitrogens is 2. The molecule has 0 saturated carbocycles. The molecule has 1 unspecified atom stereocenters. The number of carbonyl (C=O) groups excluding carboxylic acids is 1. The molecule has 0 aliphatic carbocycles. The Bertz CT molecular complexity index is 627. The lowest BCUT2D eigenvalue weighted by Gasteiger charge is -2.11. The molecule has 22 heavy (non-hydrogen) atoms. The van der Waals surface area contributed by atoms with Crippen LogP contribution in [-0.2, 0) is 22.7 Å². The van der Waals surface area contributed by atoms with Crippen molar-refractivity contribution in [1.29, 1.82) is 0 Å². The Morgan fingerprint density at radius 1 is 1.36 bits per heavy atom. The Hall–Kier alpha value is -2.21. The highest BCUT2D eigenvalue weighted by Gasteiger charge is 2.28. The summed E-state index contributed by atoms with van der Waals surface area (Å²) >= 11 is 0. The fraction of sp³-hybridized carbons (Fsp3) is 0.438. The van der Waals surface area contributed by atoms with Crippen molar-refractivity contribution in [2.75, 3.05) is 13.1 Å². The smallest absolute Gasteiger partial charge is 0.252 e. The normalized spacial score (nSPS) is 17.9. The molecule has 1 aliphatic heterocycles. The van der Waals surface area contributed by atoms with Gasteiger partial charge in [-0.25, -0.2) is 0 Å². The summed E-state index contributed by atoms with van der Waals surface area (Å²) in [5, 5.41) is 4.01. The van der Waals surface area contributed by atoms with Crippen LogP contribution in [0, 0.1) is 0 Å². The predicted octanol–water partition coefficient (Wildman–Crippen LogP) is 2.12. The van der Waals surface area contributed by atoms with Gasteiger partial charge in [0.15, 0.2) is 5.82 Å². The summed E-state index contributed by atoms with van der Waals surface area (Å²) in [6, 6.07) is 9.94. The molecule has 1 atom stereocenters. The molecule has 1 fully saturated rings. The highest BCUT2D eigenvalue weighted by atomic mass is 16.5. The molecule has 3 rings (SSSR count). The third-order valence-electron chi connectivity index (χ3n) is 3.82. The van der Waals surface area contributed by atoms with Crippen LogP contribution in [0.4, 0.5) is 0 Å². The lowest BCUT2D eigenvalue weighted by Crippen LogP contribution is -2.25. The number of amides is 1. The van der Waals surface area contributed by atoms with Gasteiger partial charge in [0.1, 0.15) is 6.61 Å². The van der Waals surface area contributed by atoms with Crippen LogP contribution in [-0.4, -0.2) is 34.0 Å². The zero-order valence-electron chi connectivity index (χ0n) is 12.6. The molecule has 2 aromatic rings. The molecule has 1 aromatic carbocycles. The van der Waals surface area contributed by atoms with Crippen molar-refractivity contribution in [1.82, 2.24) is 15.0 Å². The fourth-order valence-corrected chi connectivity index (χ4v) is 2.58. The molecule has 6 nitrogen and oxygen atoms in total. The van der Waals surface area contributed by atoms with Crippen molar-refractivity contribution < 1.29 is 14.1 Å². The molecule has 6 heteroatoms. The summed E-state index contributed by atoms with van der Waals surface area (Å²) in [6.07, 6.45) is 0.878. The van der Waals surface area contributed by atoms with Crippen LogP contribution in [0.15, 0.2) is 34.9 Å². The molecule has 0 spiro atoms. The zero-order valence-corrected chi connectivity index (χ0v) is 12.6. The number of likely N-dealkylation sites (tertiary alicyclic amines) is 1. The molecular formula is C16H19N3O3. The Kier molecular flexibility index (Phi) is 4.48. The highest BCUT2D eigenvalue weighted by Crippen LogP contribution is 2.25. The molecular weight excluding hydrogens is 282 g/mol. The second-order valence-corrected chi connectivity index (χ2v) is 5.48. The minimum Gasteiger partial charge on any atom is -0.367 e. The standard InChI is InChI=1S/C16H19N3O3/c1-12(20)19-8-7-14(9-19)16-17-15(22-18-16)11-21-10-13-5-3-2-4-6-13/h2-6,14H,7-11H2,1H3. The molecule has 116 valence electrons. The number of hydrogen-bond donors (Lipinski definition) is 0. The van der Waals surface area contributed by atoms with Gasteiger partial charge in [-0.1, -0.05) is 35.5 Å². The summed E-state index contributed by atoms with van der Waals surface area (Å²) in [5.41, 5.74) is 1.11. The first-order chi connectivity index (χ1) is 10.7. The largest absolute Gasteiger partial charge is 0.367 e. The monoisotopic (exact) mass is 301 g/mol. The predicted molar refractivity (Wildman–Crippen MR) is 78.8 cm³/mol. The van der Waals surface area contributed by atoms with Crippen molar-refractivity contribution in [3.63, 3.8) is 0 Å². The highest BCUT2D eigenvalue weighted by molar-refractivity contribution is 5.73. The average molecular weight is 301 g/mol. The van der Waals surface area contributed by atoms with E-state index < -0.39 is 0 Å². The topological polar surface area (TPSA) is 68.5 Å². The first-order valence-corrected chi connectivity index (χ1v) is 7.42. The molecule has 0 bridgehead atoms. The Balaban J connectivity index is 1.50. The van der Waals surface area contributed by atoms with E-state index in [1.54, 1.807) is 6.92 Å². The zero-order chi connectivity index (χ0) is 15.4. The van der Waals surface area contributed by atoms with Gasteiger partial charge < -0.3 is 14.2 Å². The first kappa shape index (κ1) is 14.7. The molecule has 1 amide bonds. The van der Waals surface area contributed by atoms with E-state index in [4.69, 9.17) is 9.26 Å². The van der Waals surface area contributed by atoms with Gasteiger partial charge in [0, 0.05) is 25.9 Å². The third-order valence-corrected chi connectivity index (χ3v) is 3.82. The minimum atomic E-state index is 0.0948. The van der Waals surface area contributed by atoms with Crippen molar-refractivity contribution >= 4 is 5.91 Å². The van der Waals surface area contributed by atoms with Gasteiger partial charge in [0.2, 0.25) is 5.91 Å². The minimum absolute atomic E-state index is 0.0948. The van der Waals surface area contributed by atoms with E-state index in [-0.39, 0.29) is 11.8 Å². The summed E-state index contributed by atoms with van der Waals surface area (Å²) < 4.78 is 10.8. The van der Waals surface area contributed by atoms with E-state index in [9.17, 15) is 4.79 Å². The van der Waals surface area contributed by atoms with Gasteiger partial charge in [-0.2, -0.15) is 4.98 Å². The van der Waals surface area contributed by atoms with Gasteiger partial charge in [0.05, 0.1) is 6.61 Å². The first-order valence-electron chi connectivity index (χ1n) is 7.42. The maximum Gasteiger partial charge on any atom is 0.252 e. The van der Waals surface area contributed by atoms with Crippen LogP contribution in [0.25, 0.3) is 0 Å². The van der Waals surface area contributed by atoms with Crippen LogP contribution in [0.5, 0.6) is 0 Å². The van der Waals surface area contributed by atoms with Crippen LogP contribution < -0.4 is 0 Å². The van der Waals surface area contributed by atoms with Gasteiger partial charge in [-0.15, -0.1) is 0 Å². The van der Waals surface area contributed by atoms with E-state index in [1.165, 1.54) is 0 Å². The van der Waals surface area contributed by atoms with Crippen molar-refractivity contribution in [3.05, 3.63) is 47.6 Å². The molecule has 2 heterocycles. The molecule has 1 aliphatic rings. The van der Waals surface area contributed by atoms with Crippen LogP contribution >= 0.6 is 0 Å². The summed E-state index contributed by atoms with van der Waals surface area (Å²) in [5.74, 6) is 1.40. The van der Waals surface area contributed by atoms with E-state index in [0.717, 1.165) is 18.5 Å². The van der Waals surface area contributed by atoms with E-state index in [0.29, 0.717) is 31.5 Å². The number of nitrogens with zero attached hydrogens (tertiary/aromatic N) is 3. The second-order valence-electron chi connectivity index (χ2n) is 5.48. The Morgan fingerprint density at radius 2 is 2.18 bits per heavy atom. The van der Waals surface area contributed by atoms with Gasteiger partial charge in [-0.3, -0.25) is 4.79 Å². The Labute approximate surface area is 129 Å². The molecule has 0 N–H and O–H groups in total. The van der Waals surface area contributed by atoms with E-state index in [2.05, 4.69) is 10.1 Å². The lowest BCUT2D eigenvalue weighted by molar-refractivity contribution is -0.127. The van der Waals surface area contributed by atoms with Crippen LogP contribution in [0.1, 0.15) is 36.5 Å². The van der Waals surface area contributed by atoms with Crippen molar-refractivity contribution in [2.45, 2.75) is 32.5 Å². The number of rotatable bonds is 5. The number of ether oxygens (including phenoxy) is 1. The lowest BCUT2D eigenvalue weighted by atomic mass is 10.1. The molecule has 1 aromatic heterocycles. The van der Waals surface area contributed by atoms with Crippen molar-refractivity contribution in [2.24, 2.45) is 0 Å². The summed E-state index contributed by atoms with van der Waals surface area (Å²) in [7, 11) is 0. The van der Waals surface area contributed by atoms with E-state index in [1.807, 2.05) is 35.2 Å². The van der Waals surface area contributed by atoms with E-state index >= 15 is 0 Å². The quantitative estimate of drug-likeness (QED) is 0.846. The van der Waals surface area contributed by atoms with Crippen molar-refractivity contribution in [3.8, 4) is 0 Å². The number of carbonyl (C=O) groups is 1. The molecule has 0 radical (unpaired) electrons. The number of hydrogen-bond acceptors (Lipinski definition) is 5. The second kappa shape index (κ2) is 6.70. The SMILES string of the molecule is CC(=O)N1CCC(c2noc(COCc3ccccc3)n2)C1. The van der Waals surface area contributed by atoms with Gasteiger partial charge >= 0.3 is 0 Å². The fourth-order valence-electron chi connectivity index (χ4n) is 2.58. The third kappa shape index (κ3) is 3.51. The van der Waals surface area contributed by atoms with Gasteiger partial charge in [-0.05, 0) is 12.0 Å². The van der Waals surface area contributed by atoms with Gasteiger partial charge in [0.25, 0.3) is 5.89 Å². The Morgan fingerprint density at radius 3 is 2.91 bits per heavy atom.